The first kappa shape index (κ1) is 12.1. The molecule has 1 saturated carbocycles. The van der Waals surface area contributed by atoms with Crippen LogP contribution in [-0.4, -0.2) is 16.2 Å². The minimum Gasteiger partial charge on any atom is -0.512 e. The Morgan fingerprint density at radius 3 is 2.53 bits per heavy atom. The zero-order valence-electron chi connectivity index (χ0n) is 9.66. The predicted octanol–water partition coefficient (Wildman–Crippen LogP) is 2.98. The van der Waals surface area contributed by atoms with Gasteiger partial charge in [0.1, 0.15) is 0 Å². The van der Waals surface area contributed by atoms with E-state index in [2.05, 4.69) is 19.9 Å². The molecule has 86 valence electrons. The lowest BCUT2D eigenvalue weighted by Crippen LogP contribution is -2.24. The molecule has 2 rings (SSSR count). The average Bonchev–Trinajstić information content (AvgIpc) is 2.45. The highest BCUT2D eigenvalue weighted by Crippen LogP contribution is 2.49. The van der Waals surface area contributed by atoms with Crippen LogP contribution in [0.3, 0.4) is 0 Å². The number of hydrogen-bond acceptors (Lipinski definition) is 2. The number of aliphatic hydroxyl groups is 1. The number of carboxylic acids is 1. The molecule has 3 nitrogen and oxygen atoms in total. The van der Waals surface area contributed by atoms with E-state index in [-0.39, 0.29) is 5.41 Å². The molecule has 2 atom stereocenters. The number of carbonyl (C=O) groups is 1. The van der Waals surface area contributed by atoms with Crippen molar-refractivity contribution >= 4 is 5.97 Å². The zero-order valence-corrected chi connectivity index (χ0v) is 9.66. The van der Waals surface area contributed by atoms with Gasteiger partial charge in [0.05, 0.1) is 5.76 Å². The molecule has 0 radical (unpaired) electrons. The monoisotopic (exact) mass is 212 g/mol. The van der Waals surface area contributed by atoms with Gasteiger partial charge < -0.3 is 10.2 Å². The van der Waals surface area contributed by atoms with Crippen molar-refractivity contribution in [2.24, 2.45) is 17.3 Å². The molecule has 0 saturated heterocycles. The molecule has 0 amide bonds. The Kier molecular flexibility index (Phi) is 3.42. The van der Waals surface area contributed by atoms with Gasteiger partial charge in [-0.05, 0) is 36.7 Å². The fourth-order valence-corrected chi connectivity index (χ4v) is 2.54. The second-order valence-corrected chi connectivity index (χ2v) is 5.12. The molecular formula is C12H20O3. The highest BCUT2D eigenvalue weighted by atomic mass is 16.4. The molecular weight excluding hydrogens is 192 g/mol. The van der Waals surface area contributed by atoms with Crippen molar-refractivity contribution < 1.29 is 15.0 Å². The highest BCUT2D eigenvalue weighted by molar-refractivity contribution is 5.62. The van der Waals surface area contributed by atoms with E-state index in [0.29, 0.717) is 11.7 Å². The molecule has 0 spiro atoms. The quantitative estimate of drug-likeness (QED) is 0.649. The van der Waals surface area contributed by atoms with Crippen molar-refractivity contribution in [3.63, 3.8) is 0 Å². The van der Waals surface area contributed by atoms with E-state index < -0.39 is 5.97 Å². The predicted molar refractivity (Wildman–Crippen MR) is 58.6 cm³/mol. The normalized spacial score (nSPS) is 31.3. The third-order valence-corrected chi connectivity index (χ3v) is 3.42. The van der Waals surface area contributed by atoms with Gasteiger partial charge in [-0.3, -0.25) is 4.79 Å². The third kappa shape index (κ3) is 2.98. The Balaban J connectivity index is 0.000000245. The van der Waals surface area contributed by atoms with Gasteiger partial charge in [-0.25, -0.2) is 0 Å². The van der Waals surface area contributed by atoms with Crippen LogP contribution in [0, 0.1) is 17.3 Å². The second-order valence-electron chi connectivity index (χ2n) is 5.12. The van der Waals surface area contributed by atoms with Crippen LogP contribution in [0.15, 0.2) is 11.8 Å². The summed E-state index contributed by atoms with van der Waals surface area (Å²) in [5.74, 6) is 1.15. The summed E-state index contributed by atoms with van der Waals surface area (Å²) in [4.78, 5) is 9.00. The lowest BCUT2D eigenvalue weighted by Gasteiger charge is -2.32. The smallest absolute Gasteiger partial charge is 0.300 e. The van der Waals surface area contributed by atoms with E-state index in [1.165, 1.54) is 19.3 Å². The van der Waals surface area contributed by atoms with Crippen molar-refractivity contribution in [3.05, 3.63) is 11.8 Å². The van der Waals surface area contributed by atoms with Gasteiger partial charge in [-0.15, -0.1) is 0 Å². The highest BCUT2D eigenvalue weighted by Gasteiger charge is 2.40. The first-order chi connectivity index (χ1) is 6.83. The van der Waals surface area contributed by atoms with Crippen molar-refractivity contribution in [1.29, 1.82) is 0 Å². The van der Waals surface area contributed by atoms with Crippen molar-refractivity contribution in [2.45, 2.75) is 40.0 Å². The van der Waals surface area contributed by atoms with Crippen LogP contribution in [0.2, 0.25) is 0 Å². The van der Waals surface area contributed by atoms with Crippen LogP contribution in [0.4, 0.5) is 0 Å². The molecule has 0 aliphatic heterocycles. The number of rotatable bonds is 0. The van der Waals surface area contributed by atoms with Crippen LogP contribution < -0.4 is 0 Å². The molecule has 2 aliphatic rings. The summed E-state index contributed by atoms with van der Waals surface area (Å²) in [6.45, 7) is 5.55. The van der Waals surface area contributed by atoms with E-state index in [1.54, 1.807) is 0 Å². The maximum Gasteiger partial charge on any atom is 0.300 e. The van der Waals surface area contributed by atoms with Gasteiger partial charge in [-0.1, -0.05) is 13.8 Å². The summed E-state index contributed by atoms with van der Waals surface area (Å²) in [5, 5.41) is 17.0. The Hall–Kier alpha value is -0.990. The van der Waals surface area contributed by atoms with Crippen LogP contribution in [-0.2, 0) is 4.79 Å². The molecule has 2 unspecified atom stereocenters. The summed E-state index contributed by atoms with van der Waals surface area (Å²) in [6.07, 6.45) is 5.79. The van der Waals surface area contributed by atoms with E-state index in [4.69, 9.17) is 9.90 Å². The molecule has 0 aromatic rings. The van der Waals surface area contributed by atoms with Crippen LogP contribution in [0.25, 0.3) is 0 Å². The summed E-state index contributed by atoms with van der Waals surface area (Å²) >= 11 is 0. The van der Waals surface area contributed by atoms with E-state index in [1.807, 2.05) is 0 Å². The lowest BCUT2D eigenvalue weighted by molar-refractivity contribution is -0.134. The number of fused-ring (bicyclic) bond motifs is 2. The number of allylic oxidation sites excluding steroid dienone is 2. The Morgan fingerprint density at radius 2 is 2.00 bits per heavy atom. The molecule has 15 heavy (non-hydrogen) atoms. The Morgan fingerprint density at radius 1 is 1.47 bits per heavy atom. The van der Waals surface area contributed by atoms with E-state index in [0.717, 1.165) is 12.8 Å². The fourth-order valence-electron chi connectivity index (χ4n) is 2.54. The van der Waals surface area contributed by atoms with Gasteiger partial charge in [0.15, 0.2) is 0 Å². The molecule has 2 aliphatic carbocycles. The second kappa shape index (κ2) is 4.25. The lowest BCUT2D eigenvalue weighted by atomic mass is 9.73. The van der Waals surface area contributed by atoms with Gasteiger partial charge >= 0.3 is 0 Å². The molecule has 2 N–H and O–H groups in total. The molecule has 0 heterocycles. The first-order valence-electron chi connectivity index (χ1n) is 5.44. The molecule has 2 bridgehead atoms. The van der Waals surface area contributed by atoms with Crippen LogP contribution in [0.1, 0.15) is 40.0 Å². The Labute approximate surface area is 90.8 Å². The largest absolute Gasteiger partial charge is 0.512 e. The number of aliphatic hydroxyl groups excluding tert-OH is 1. The van der Waals surface area contributed by atoms with Crippen LogP contribution >= 0.6 is 0 Å². The summed E-state index contributed by atoms with van der Waals surface area (Å²) < 4.78 is 0. The van der Waals surface area contributed by atoms with E-state index >= 15 is 0 Å². The molecule has 1 fully saturated rings. The number of carboxylic acid groups (broad SMARTS) is 1. The standard InChI is InChI=1S/C10H16O.C2H4O2/c1-10(2)6-9(11)7-3-4-8(10)5-7;1-2(3)4/h6-8,11H,3-5H2,1-2H3;1H3,(H,3,4). The SMILES string of the molecule is CC(=O)O.CC1(C)C=C(O)C2CCC1C2. The zero-order chi connectivity index (χ0) is 11.6. The third-order valence-electron chi connectivity index (χ3n) is 3.42. The van der Waals surface area contributed by atoms with Gasteiger partial charge in [0, 0.05) is 12.8 Å². The fraction of sp³-hybridized carbons (Fsp3) is 0.750. The average molecular weight is 212 g/mol. The molecule has 0 aromatic carbocycles. The topological polar surface area (TPSA) is 57.5 Å². The van der Waals surface area contributed by atoms with Crippen molar-refractivity contribution in [2.75, 3.05) is 0 Å². The molecule has 3 heteroatoms. The maximum atomic E-state index is 9.59. The minimum absolute atomic E-state index is 0.247. The Bertz CT molecular complexity index is 275. The van der Waals surface area contributed by atoms with Crippen LogP contribution in [0.5, 0.6) is 0 Å². The first-order valence-corrected chi connectivity index (χ1v) is 5.44. The maximum absolute atomic E-state index is 9.59. The summed E-state index contributed by atoms with van der Waals surface area (Å²) in [7, 11) is 0. The number of aliphatic carboxylic acids is 1. The van der Waals surface area contributed by atoms with Gasteiger partial charge in [0.25, 0.3) is 5.97 Å². The summed E-state index contributed by atoms with van der Waals surface area (Å²) in [6, 6.07) is 0. The van der Waals surface area contributed by atoms with Gasteiger partial charge in [0.2, 0.25) is 0 Å². The number of hydrogen-bond donors (Lipinski definition) is 2. The van der Waals surface area contributed by atoms with Crippen molar-refractivity contribution in [3.8, 4) is 0 Å². The van der Waals surface area contributed by atoms with Crippen molar-refractivity contribution in [1.82, 2.24) is 0 Å². The van der Waals surface area contributed by atoms with Gasteiger partial charge in [-0.2, -0.15) is 0 Å². The summed E-state index contributed by atoms with van der Waals surface area (Å²) in [5.41, 5.74) is 0.247. The molecule has 0 aromatic heterocycles. The minimum atomic E-state index is -0.833. The van der Waals surface area contributed by atoms with E-state index in [9.17, 15) is 5.11 Å².